The van der Waals surface area contributed by atoms with E-state index in [2.05, 4.69) is 73.3 Å². The molecule has 0 unspecified atom stereocenters. The maximum Gasteiger partial charge on any atom is 0.343 e. The van der Waals surface area contributed by atoms with Crippen LogP contribution in [0.3, 0.4) is 0 Å². The third-order valence-electron chi connectivity index (χ3n) is 6.29. The van der Waals surface area contributed by atoms with E-state index in [4.69, 9.17) is 9.29 Å². The van der Waals surface area contributed by atoms with Crippen LogP contribution in [0.1, 0.15) is 21.5 Å². The summed E-state index contributed by atoms with van der Waals surface area (Å²) in [5, 5.41) is 2.14. The zero-order valence-electron chi connectivity index (χ0n) is 20.5. The fourth-order valence-corrected chi connectivity index (χ4v) is 4.80. The van der Waals surface area contributed by atoms with Gasteiger partial charge in [0, 0.05) is 4.90 Å². The lowest BCUT2D eigenvalue weighted by atomic mass is 9.94. The molecule has 38 heavy (non-hydrogen) atoms. The van der Waals surface area contributed by atoms with Gasteiger partial charge in [0.05, 0.1) is 11.8 Å². The highest BCUT2D eigenvalue weighted by atomic mass is 32.2. The number of ether oxygens (including phenoxy) is 1. The Balaban J connectivity index is 0.000000540. The molecule has 0 atom stereocenters. The second-order valence-electron chi connectivity index (χ2n) is 9.06. The summed E-state index contributed by atoms with van der Waals surface area (Å²) in [4.78, 5) is 13.3. The summed E-state index contributed by atoms with van der Waals surface area (Å²) in [6, 6.07) is 34.4. The van der Waals surface area contributed by atoms with Crippen molar-refractivity contribution in [3.8, 4) is 28.0 Å². The third kappa shape index (κ3) is 5.81. The molecule has 0 saturated heterocycles. The van der Waals surface area contributed by atoms with E-state index >= 15 is 0 Å². The number of benzene rings is 5. The van der Waals surface area contributed by atoms with Crippen molar-refractivity contribution >= 4 is 39.5 Å². The molecule has 1 aliphatic rings. The summed E-state index contributed by atoms with van der Waals surface area (Å²) in [5.74, 6) is 0.157. The lowest BCUT2D eigenvalue weighted by Gasteiger charge is -2.11. The highest BCUT2D eigenvalue weighted by Gasteiger charge is 2.21. The van der Waals surface area contributed by atoms with Gasteiger partial charge in [-0.25, -0.2) is 4.79 Å². The second-order valence-corrected chi connectivity index (χ2v) is 11.0. The van der Waals surface area contributed by atoms with Crippen LogP contribution in [0.15, 0.2) is 108 Å². The quantitative estimate of drug-likeness (QED) is 0.108. The molecule has 0 spiro atoms. The first-order valence-electron chi connectivity index (χ1n) is 11.8. The molecule has 0 fully saturated rings. The van der Waals surface area contributed by atoms with Crippen LogP contribution in [-0.2, 0) is 16.5 Å². The van der Waals surface area contributed by atoms with Crippen molar-refractivity contribution in [2.75, 3.05) is 6.26 Å². The summed E-state index contributed by atoms with van der Waals surface area (Å²) in [6.07, 6.45) is 1.68. The molecule has 0 saturated carbocycles. The van der Waals surface area contributed by atoms with Gasteiger partial charge in [-0.05, 0) is 93.0 Å². The van der Waals surface area contributed by atoms with Gasteiger partial charge >= 0.3 is 5.97 Å². The molecule has 0 aromatic heterocycles. The van der Waals surface area contributed by atoms with E-state index in [0.717, 1.165) is 22.1 Å². The third-order valence-corrected chi connectivity index (χ3v) is 6.59. The number of esters is 1. The molecule has 5 nitrogen and oxygen atoms in total. The van der Waals surface area contributed by atoms with E-state index in [-0.39, 0.29) is 5.97 Å². The summed E-state index contributed by atoms with van der Waals surface area (Å²) in [6.45, 7) is 0. The predicted molar refractivity (Wildman–Crippen MR) is 154 cm³/mol. The molecule has 6 rings (SSSR count). The number of carbonyl (C=O) groups is 1. The minimum absolute atomic E-state index is 0.376. The van der Waals surface area contributed by atoms with Gasteiger partial charge in [-0.15, -0.1) is 12.6 Å². The lowest BCUT2D eigenvalue weighted by molar-refractivity contribution is 0.0735. The standard InChI is InChI=1S/C30H20O2S.CH4O3S/c31-30(19-11-14-25(33)15-12-19)32-24-13-10-20-16-23(9-8-21(20)17-24)27-6-3-7-28-26-5-2-1-4-22(26)18-29(27)28;1-5(2,3)4/h1-17,33H,18H2;1H3,(H,2,3,4). The molecule has 190 valence electrons. The van der Waals surface area contributed by atoms with Crippen LogP contribution in [0.5, 0.6) is 5.75 Å². The van der Waals surface area contributed by atoms with Crippen molar-refractivity contribution in [3.05, 3.63) is 120 Å². The SMILES string of the molecule is CS(=O)(=O)O.O=C(Oc1ccc2cc(-c3cccc4c3Cc3ccccc3-4)ccc2c1)c1ccc(S)cc1. The van der Waals surface area contributed by atoms with Crippen molar-refractivity contribution in [2.24, 2.45) is 0 Å². The fourth-order valence-electron chi connectivity index (χ4n) is 4.65. The summed E-state index contributed by atoms with van der Waals surface area (Å²) in [5.41, 5.74) is 8.41. The van der Waals surface area contributed by atoms with Gasteiger partial charge in [0.15, 0.2) is 0 Å². The average Bonchev–Trinajstić information content (AvgIpc) is 3.27. The molecular weight excluding hydrogens is 516 g/mol. The molecule has 1 aliphatic carbocycles. The van der Waals surface area contributed by atoms with E-state index in [9.17, 15) is 13.2 Å². The van der Waals surface area contributed by atoms with Gasteiger partial charge in [0.1, 0.15) is 5.75 Å². The van der Waals surface area contributed by atoms with Gasteiger partial charge in [-0.2, -0.15) is 8.42 Å². The van der Waals surface area contributed by atoms with Gasteiger partial charge in [-0.3, -0.25) is 4.55 Å². The first-order valence-corrected chi connectivity index (χ1v) is 14.1. The predicted octanol–water partition coefficient (Wildman–Crippen LogP) is 7.09. The van der Waals surface area contributed by atoms with Crippen LogP contribution in [0.25, 0.3) is 33.0 Å². The van der Waals surface area contributed by atoms with Crippen LogP contribution < -0.4 is 4.74 Å². The number of hydrogen-bond acceptors (Lipinski definition) is 5. The Morgan fingerprint density at radius 1 is 0.789 bits per heavy atom. The van der Waals surface area contributed by atoms with Gasteiger partial charge in [0.2, 0.25) is 0 Å². The highest BCUT2D eigenvalue weighted by Crippen LogP contribution is 2.42. The van der Waals surface area contributed by atoms with E-state index in [1.165, 1.54) is 33.4 Å². The van der Waals surface area contributed by atoms with E-state index in [1.807, 2.05) is 18.2 Å². The Labute approximate surface area is 226 Å². The largest absolute Gasteiger partial charge is 0.423 e. The Bertz CT molecular complexity index is 1770. The van der Waals surface area contributed by atoms with Crippen LogP contribution in [0.2, 0.25) is 0 Å². The van der Waals surface area contributed by atoms with E-state index in [1.54, 1.807) is 24.3 Å². The van der Waals surface area contributed by atoms with Crippen LogP contribution in [0, 0.1) is 0 Å². The van der Waals surface area contributed by atoms with Crippen LogP contribution in [-0.4, -0.2) is 25.2 Å². The van der Waals surface area contributed by atoms with Gasteiger partial charge in [-0.1, -0.05) is 60.7 Å². The lowest BCUT2D eigenvalue weighted by Crippen LogP contribution is -2.08. The van der Waals surface area contributed by atoms with E-state index < -0.39 is 10.1 Å². The van der Waals surface area contributed by atoms with Crippen molar-refractivity contribution in [1.82, 2.24) is 0 Å². The van der Waals surface area contributed by atoms with Gasteiger partial charge < -0.3 is 4.74 Å². The number of carbonyl (C=O) groups excluding carboxylic acids is 1. The van der Waals surface area contributed by atoms with Crippen molar-refractivity contribution in [1.29, 1.82) is 0 Å². The molecule has 0 amide bonds. The smallest absolute Gasteiger partial charge is 0.343 e. The molecule has 5 aromatic rings. The van der Waals surface area contributed by atoms with Crippen molar-refractivity contribution in [2.45, 2.75) is 11.3 Å². The van der Waals surface area contributed by atoms with Crippen LogP contribution >= 0.6 is 12.6 Å². The Kier molecular flexibility index (Phi) is 7.08. The summed E-state index contributed by atoms with van der Waals surface area (Å²) >= 11 is 4.26. The second kappa shape index (κ2) is 10.5. The Hall–Kier alpha value is -3.91. The zero-order chi connectivity index (χ0) is 26.9. The molecule has 0 aliphatic heterocycles. The molecule has 1 N–H and O–H groups in total. The van der Waals surface area contributed by atoms with Crippen molar-refractivity contribution < 1.29 is 22.5 Å². The van der Waals surface area contributed by atoms with Crippen LogP contribution in [0.4, 0.5) is 0 Å². The number of hydrogen-bond donors (Lipinski definition) is 2. The monoisotopic (exact) mass is 540 g/mol. The first-order chi connectivity index (χ1) is 18.2. The van der Waals surface area contributed by atoms with E-state index in [0.29, 0.717) is 17.6 Å². The zero-order valence-corrected chi connectivity index (χ0v) is 22.2. The summed E-state index contributed by atoms with van der Waals surface area (Å²) < 4.78 is 31.5. The van der Waals surface area contributed by atoms with Crippen molar-refractivity contribution in [3.63, 3.8) is 0 Å². The molecular formula is C31H24O5S2. The molecule has 0 bridgehead atoms. The molecule has 7 heteroatoms. The fraction of sp³-hybridized carbons (Fsp3) is 0.0645. The summed E-state index contributed by atoms with van der Waals surface area (Å²) in [7, 11) is -3.67. The average molecular weight is 541 g/mol. The topological polar surface area (TPSA) is 80.7 Å². The minimum Gasteiger partial charge on any atom is -0.423 e. The minimum atomic E-state index is -3.67. The Morgan fingerprint density at radius 2 is 1.42 bits per heavy atom. The molecule has 5 aromatic carbocycles. The van der Waals surface area contributed by atoms with Gasteiger partial charge in [0.25, 0.3) is 10.1 Å². The normalized spacial score (nSPS) is 11.8. The number of fused-ring (bicyclic) bond motifs is 4. The first kappa shape index (κ1) is 25.7. The Morgan fingerprint density at radius 3 is 2.18 bits per heavy atom. The number of rotatable bonds is 3. The maximum atomic E-state index is 12.5. The molecule has 0 heterocycles. The number of thiol groups is 1. The highest BCUT2D eigenvalue weighted by molar-refractivity contribution is 7.85. The maximum absolute atomic E-state index is 12.5. The molecule has 0 radical (unpaired) electrons.